The molecule has 4 heteroatoms. The molecule has 1 N–H and O–H groups in total. The number of hydrogen-bond donors (Lipinski definition) is 1. The minimum absolute atomic E-state index is 0.0494. The fraction of sp³-hybridized carbons (Fsp3) is 0.348. The molecule has 0 aliphatic carbocycles. The lowest BCUT2D eigenvalue weighted by atomic mass is 10.0. The van der Waals surface area contributed by atoms with Crippen molar-refractivity contribution < 1.29 is 4.74 Å². The van der Waals surface area contributed by atoms with Crippen LogP contribution in [0, 0.1) is 13.8 Å². The molecule has 1 aliphatic heterocycles. The molecule has 4 nitrogen and oxygen atoms in total. The standard InChI is InChI=1S/C23H26N2O2/c1-16-4-3-5-18(12-16)15-25-10-7-20(8-11-25)27-22-14-19-6-9-24-23(26)21(19)13-17(22)2/h3-6,9,12-14,20H,7-8,10-11,15H2,1-2H3,(H,24,26). The Morgan fingerprint density at radius 1 is 1.11 bits per heavy atom. The Balaban J connectivity index is 1.40. The third kappa shape index (κ3) is 4.06. The Labute approximate surface area is 159 Å². The van der Waals surface area contributed by atoms with Crippen LogP contribution >= 0.6 is 0 Å². The summed E-state index contributed by atoms with van der Waals surface area (Å²) in [6, 6.07) is 14.6. The van der Waals surface area contributed by atoms with Crippen LogP contribution in [0.3, 0.4) is 0 Å². The van der Waals surface area contributed by atoms with Gasteiger partial charge in [0.05, 0.1) is 0 Å². The molecule has 2 heterocycles. The quantitative estimate of drug-likeness (QED) is 0.757. The maximum atomic E-state index is 11.9. The number of aryl methyl sites for hydroxylation is 2. The van der Waals surface area contributed by atoms with E-state index in [1.165, 1.54) is 11.1 Å². The average molecular weight is 362 g/mol. The Hall–Kier alpha value is -2.59. The second-order valence-corrected chi connectivity index (χ2v) is 7.59. The molecule has 2 aromatic carbocycles. The second kappa shape index (κ2) is 7.57. The molecule has 4 rings (SSSR count). The number of aromatic amines is 1. The van der Waals surface area contributed by atoms with Gasteiger partial charge in [-0.2, -0.15) is 0 Å². The molecule has 0 unspecified atom stereocenters. The Bertz CT molecular complexity index is 1000. The number of rotatable bonds is 4. The highest BCUT2D eigenvalue weighted by atomic mass is 16.5. The average Bonchev–Trinajstić information content (AvgIpc) is 2.65. The molecule has 1 aliphatic rings. The predicted octanol–water partition coefficient (Wildman–Crippen LogP) is 4.19. The molecule has 0 atom stereocenters. The van der Waals surface area contributed by atoms with E-state index >= 15 is 0 Å². The van der Waals surface area contributed by atoms with Crippen LogP contribution in [0.4, 0.5) is 0 Å². The van der Waals surface area contributed by atoms with Crippen molar-refractivity contribution >= 4 is 10.8 Å². The Morgan fingerprint density at radius 3 is 2.70 bits per heavy atom. The van der Waals surface area contributed by atoms with Gasteiger partial charge < -0.3 is 9.72 Å². The number of piperidine rings is 1. The maximum Gasteiger partial charge on any atom is 0.255 e. The lowest BCUT2D eigenvalue weighted by molar-refractivity contribution is 0.0964. The van der Waals surface area contributed by atoms with Crippen molar-refractivity contribution in [3.05, 3.63) is 75.7 Å². The van der Waals surface area contributed by atoms with Crippen molar-refractivity contribution in [2.45, 2.75) is 39.3 Å². The number of H-pyrrole nitrogens is 1. The van der Waals surface area contributed by atoms with Crippen LogP contribution in [-0.2, 0) is 6.54 Å². The molecule has 140 valence electrons. The summed E-state index contributed by atoms with van der Waals surface area (Å²) in [6.07, 6.45) is 3.97. The highest BCUT2D eigenvalue weighted by molar-refractivity contribution is 5.83. The van der Waals surface area contributed by atoms with Gasteiger partial charge in [-0.15, -0.1) is 0 Å². The fourth-order valence-corrected chi connectivity index (χ4v) is 3.88. The van der Waals surface area contributed by atoms with Crippen LogP contribution in [-0.4, -0.2) is 29.1 Å². The van der Waals surface area contributed by atoms with Crippen LogP contribution in [0.1, 0.15) is 29.5 Å². The lowest BCUT2D eigenvalue weighted by Gasteiger charge is -2.32. The van der Waals surface area contributed by atoms with Crippen LogP contribution in [0.25, 0.3) is 10.8 Å². The van der Waals surface area contributed by atoms with Crippen LogP contribution < -0.4 is 10.3 Å². The van der Waals surface area contributed by atoms with Crippen molar-refractivity contribution in [2.24, 2.45) is 0 Å². The molecule has 0 amide bonds. The highest BCUT2D eigenvalue weighted by Gasteiger charge is 2.21. The Morgan fingerprint density at radius 2 is 1.93 bits per heavy atom. The molecule has 0 radical (unpaired) electrons. The summed E-state index contributed by atoms with van der Waals surface area (Å²) < 4.78 is 6.31. The van der Waals surface area contributed by atoms with Crippen molar-refractivity contribution in [1.29, 1.82) is 0 Å². The monoisotopic (exact) mass is 362 g/mol. The smallest absolute Gasteiger partial charge is 0.255 e. The van der Waals surface area contributed by atoms with E-state index < -0.39 is 0 Å². The number of fused-ring (bicyclic) bond motifs is 1. The number of nitrogens with zero attached hydrogens (tertiary/aromatic N) is 1. The number of benzene rings is 2. The number of likely N-dealkylation sites (tertiary alicyclic amines) is 1. The predicted molar refractivity (Wildman–Crippen MR) is 109 cm³/mol. The van der Waals surface area contributed by atoms with Gasteiger partial charge in [0.1, 0.15) is 11.9 Å². The van der Waals surface area contributed by atoms with Gasteiger partial charge in [-0.25, -0.2) is 0 Å². The molecule has 1 fully saturated rings. The minimum Gasteiger partial charge on any atom is -0.490 e. The Kier molecular flexibility index (Phi) is 4.99. The van der Waals surface area contributed by atoms with E-state index in [4.69, 9.17) is 4.74 Å². The number of hydrogen-bond acceptors (Lipinski definition) is 3. The van der Waals surface area contributed by atoms with Gasteiger partial charge in [0.15, 0.2) is 0 Å². The van der Waals surface area contributed by atoms with Gasteiger partial charge in [0.2, 0.25) is 0 Å². The van der Waals surface area contributed by atoms with Crippen molar-refractivity contribution in [1.82, 2.24) is 9.88 Å². The first-order valence-electron chi connectivity index (χ1n) is 9.65. The summed E-state index contributed by atoms with van der Waals surface area (Å²) in [7, 11) is 0. The summed E-state index contributed by atoms with van der Waals surface area (Å²) in [6.45, 7) is 7.25. The summed E-state index contributed by atoms with van der Waals surface area (Å²) in [5.74, 6) is 0.894. The van der Waals surface area contributed by atoms with Crippen molar-refractivity contribution in [2.75, 3.05) is 13.1 Å². The van der Waals surface area contributed by atoms with E-state index in [1.54, 1.807) is 6.20 Å². The SMILES string of the molecule is Cc1cccc(CN2CCC(Oc3cc4cc[nH]c(=O)c4cc3C)CC2)c1. The summed E-state index contributed by atoms with van der Waals surface area (Å²) in [5.41, 5.74) is 3.66. The number of aromatic nitrogens is 1. The fourth-order valence-electron chi connectivity index (χ4n) is 3.88. The maximum absolute atomic E-state index is 11.9. The first kappa shape index (κ1) is 17.8. The zero-order valence-corrected chi connectivity index (χ0v) is 16.0. The van der Waals surface area contributed by atoms with Gasteiger partial charge >= 0.3 is 0 Å². The molecule has 0 spiro atoms. The van der Waals surface area contributed by atoms with E-state index in [9.17, 15) is 4.79 Å². The van der Waals surface area contributed by atoms with Crippen LogP contribution in [0.15, 0.2) is 53.5 Å². The van der Waals surface area contributed by atoms with E-state index in [-0.39, 0.29) is 11.7 Å². The summed E-state index contributed by atoms with van der Waals surface area (Å²) >= 11 is 0. The third-order valence-electron chi connectivity index (χ3n) is 5.39. The van der Waals surface area contributed by atoms with Crippen LogP contribution in [0.2, 0.25) is 0 Å². The van der Waals surface area contributed by atoms with E-state index in [0.717, 1.165) is 54.6 Å². The third-order valence-corrected chi connectivity index (χ3v) is 5.39. The van der Waals surface area contributed by atoms with E-state index in [2.05, 4.69) is 41.1 Å². The first-order chi connectivity index (χ1) is 13.1. The van der Waals surface area contributed by atoms with Gasteiger partial charge in [-0.1, -0.05) is 29.8 Å². The van der Waals surface area contributed by atoms with Gasteiger partial charge in [-0.3, -0.25) is 9.69 Å². The largest absolute Gasteiger partial charge is 0.490 e. The highest BCUT2D eigenvalue weighted by Crippen LogP contribution is 2.27. The van der Waals surface area contributed by atoms with Crippen molar-refractivity contribution in [3.8, 4) is 5.75 Å². The second-order valence-electron chi connectivity index (χ2n) is 7.59. The summed E-state index contributed by atoms with van der Waals surface area (Å²) in [5, 5.41) is 1.64. The normalized spacial score (nSPS) is 15.9. The van der Waals surface area contributed by atoms with Gasteiger partial charge in [0.25, 0.3) is 5.56 Å². The molecule has 0 saturated carbocycles. The molecule has 3 aromatic rings. The number of pyridine rings is 1. The number of nitrogens with one attached hydrogen (secondary N) is 1. The molecule has 1 saturated heterocycles. The zero-order chi connectivity index (χ0) is 18.8. The van der Waals surface area contributed by atoms with Crippen molar-refractivity contribution in [3.63, 3.8) is 0 Å². The van der Waals surface area contributed by atoms with Gasteiger partial charge in [-0.05, 0) is 61.4 Å². The number of ether oxygens (including phenoxy) is 1. The van der Waals surface area contributed by atoms with E-state index in [1.807, 2.05) is 25.1 Å². The first-order valence-corrected chi connectivity index (χ1v) is 9.65. The van der Waals surface area contributed by atoms with Crippen LogP contribution in [0.5, 0.6) is 5.75 Å². The van der Waals surface area contributed by atoms with Gasteiger partial charge in [0, 0.05) is 31.2 Å². The summed E-state index contributed by atoms with van der Waals surface area (Å²) in [4.78, 5) is 17.2. The van der Waals surface area contributed by atoms with E-state index in [0.29, 0.717) is 0 Å². The lowest BCUT2D eigenvalue weighted by Crippen LogP contribution is -2.37. The zero-order valence-electron chi connectivity index (χ0n) is 16.0. The minimum atomic E-state index is -0.0494. The molecule has 27 heavy (non-hydrogen) atoms. The molecule has 0 bridgehead atoms. The molecular weight excluding hydrogens is 336 g/mol. The topological polar surface area (TPSA) is 45.3 Å². The molecule has 1 aromatic heterocycles. The molecular formula is C23H26N2O2.